The molecule has 0 aliphatic heterocycles. The fourth-order valence-corrected chi connectivity index (χ4v) is 3.06. The standard InChI is InChI=1S/C12H10BrClFNOS/c1-17-9-5-8(15)7(13)4-6(9)12(16)10-2-3-11(14)18-10/h2-5,12H,16H2,1H3. The van der Waals surface area contributed by atoms with Crippen LogP contribution in [0.3, 0.4) is 0 Å². The second-order valence-electron chi connectivity index (χ2n) is 3.63. The van der Waals surface area contributed by atoms with Gasteiger partial charge in [-0.1, -0.05) is 11.6 Å². The average Bonchev–Trinajstić information content (AvgIpc) is 2.78. The zero-order valence-electron chi connectivity index (χ0n) is 9.41. The van der Waals surface area contributed by atoms with Crippen LogP contribution in [-0.4, -0.2) is 7.11 Å². The normalized spacial score (nSPS) is 12.5. The Labute approximate surface area is 122 Å². The summed E-state index contributed by atoms with van der Waals surface area (Å²) in [6.45, 7) is 0. The Morgan fingerprint density at radius 3 is 2.72 bits per heavy atom. The molecule has 0 saturated heterocycles. The van der Waals surface area contributed by atoms with Crippen molar-refractivity contribution in [3.8, 4) is 5.75 Å². The minimum Gasteiger partial charge on any atom is -0.496 e. The third-order valence-electron chi connectivity index (χ3n) is 2.51. The second-order valence-corrected chi connectivity index (χ2v) is 6.23. The highest BCUT2D eigenvalue weighted by Gasteiger charge is 2.18. The van der Waals surface area contributed by atoms with E-state index >= 15 is 0 Å². The highest BCUT2D eigenvalue weighted by atomic mass is 79.9. The number of ether oxygens (including phenoxy) is 1. The molecule has 0 aliphatic rings. The number of hydrogen-bond donors (Lipinski definition) is 1. The Bertz CT molecular complexity index is 575. The summed E-state index contributed by atoms with van der Waals surface area (Å²) >= 11 is 10.4. The second kappa shape index (κ2) is 5.57. The van der Waals surface area contributed by atoms with Crippen molar-refractivity contribution in [2.45, 2.75) is 6.04 Å². The third kappa shape index (κ3) is 2.69. The number of nitrogens with two attached hydrogens (primary N) is 1. The molecule has 2 nitrogen and oxygen atoms in total. The van der Waals surface area contributed by atoms with Crippen LogP contribution in [0.25, 0.3) is 0 Å². The highest BCUT2D eigenvalue weighted by Crippen LogP contribution is 2.36. The molecule has 1 aromatic heterocycles. The van der Waals surface area contributed by atoms with Crippen molar-refractivity contribution >= 4 is 38.9 Å². The molecule has 0 radical (unpaired) electrons. The topological polar surface area (TPSA) is 35.2 Å². The van der Waals surface area contributed by atoms with Gasteiger partial charge in [0.15, 0.2) is 0 Å². The number of thiophene rings is 1. The Morgan fingerprint density at radius 2 is 2.17 bits per heavy atom. The van der Waals surface area contributed by atoms with Crippen LogP contribution >= 0.6 is 38.9 Å². The van der Waals surface area contributed by atoms with E-state index in [1.54, 1.807) is 12.1 Å². The van der Waals surface area contributed by atoms with E-state index in [-0.39, 0.29) is 5.82 Å². The van der Waals surface area contributed by atoms with Gasteiger partial charge in [0.25, 0.3) is 0 Å². The highest BCUT2D eigenvalue weighted by molar-refractivity contribution is 9.10. The van der Waals surface area contributed by atoms with Crippen molar-refractivity contribution in [2.75, 3.05) is 7.11 Å². The first kappa shape index (κ1) is 13.8. The fourth-order valence-electron chi connectivity index (χ4n) is 1.61. The molecule has 1 unspecified atom stereocenters. The van der Waals surface area contributed by atoms with E-state index in [1.807, 2.05) is 6.07 Å². The van der Waals surface area contributed by atoms with Gasteiger partial charge in [0, 0.05) is 16.5 Å². The summed E-state index contributed by atoms with van der Waals surface area (Å²) in [6, 6.07) is 6.19. The fraction of sp³-hybridized carbons (Fsp3) is 0.167. The smallest absolute Gasteiger partial charge is 0.141 e. The van der Waals surface area contributed by atoms with Crippen LogP contribution in [0.5, 0.6) is 5.75 Å². The predicted molar refractivity (Wildman–Crippen MR) is 76.0 cm³/mol. The van der Waals surface area contributed by atoms with Gasteiger partial charge in [-0.05, 0) is 34.1 Å². The molecular formula is C12H10BrClFNOS. The number of halogens is 3. The van der Waals surface area contributed by atoms with Crippen molar-refractivity contribution in [2.24, 2.45) is 5.73 Å². The maximum atomic E-state index is 13.4. The van der Waals surface area contributed by atoms with Gasteiger partial charge in [-0.25, -0.2) is 4.39 Å². The summed E-state index contributed by atoms with van der Waals surface area (Å²) in [5.74, 6) is 0.0414. The van der Waals surface area contributed by atoms with Gasteiger partial charge in [0.05, 0.1) is 22.0 Å². The zero-order valence-corrected chi connectivity index (χ0v) is 12.6. The Balaban J connectivity index is 2.46. The lowest BCUT2D eigenvalue weighted by Gasteiger charge is -2.15. The largest absolute Gasteiger partial charge is 0.496 e. The Morgan fingerprint density at radius 1 is 1.44 bits per heavy atom. The van der Waals surface area contributed by atoms with E-state index in [4.69, 9.17) is 22.1 Å². The molecule has 1 heterocycles. The molecule has 6 heteroatoms. The summed E-state index contributed by atoms with van der Waals surface area (Å²) in [6.07, 6.45) is 0. The summed E-state index contributed by atoms with van der Waals surface area (Å²) in [4.78, 5) is 0.900. The number of methoxy groups -OCH3 is 1. The monoisotopic (exact) mass is 349 g/mol. The molecule has 0 saturated carbocycles. The predicted octanol–water partition coefficient (Wildman–Crippen LogP) is 4.36. The number of hydrogen-bond acceptors (Lipinski definition) is 3. The van der Waals surface area contributed by atoms with Crippen LogP contribution in [0, 0.1) is 5.82 Å². The Hall–Kier alpha value is -0.620. The van der Waals surface area contributed by atoms with Gasteiger partial charge in [0.2, 0.25) is 0 Å². The molecule has 0 bridgehead atoms. The van der Waals surface area contributed by atoms with Crippen LogP contribution in [0.4, 0.5) is 4.39 Å². The lowest BCUT2D eigenvalue weighted by Crippen LogP contribution is -2.12. The first-order valence-electron chi connectivity index (χ1n) is 5.06. The number of benzene rings is 1. The molecule has 18 heavy (non-hydrogen) atoms. The van der Waals surface area contributed by atoms with Crippen LogP contribution < -0.4 is 10.5 Å². The molecule has 2 rings (SSSR count). The van der Waals surface area contributed by atoms with Crippen molar-refractivity contribution in [1.29, 1.82) is 0 Å². The lowest BCUT2D eigenvalue weighted by atomic mass is 10.1. The summed E-state index contributed by atoms with van der Waals surface area (Å²) in [7, 11) is 1.49. The molecular weight excluding hydrogens is 341 g/mol. The van der Waals surface area contributed by atoms with E-state index in [2.05, 4.69) is 15.9 Å². The molecule has 96 valence electrons. The van der Waals surface area contributed by atoms with Gasteiger partial charge in [-0.2, -0.15) is 0 Å². The van der Waals surface area contributed by atoms with Crippen LogP contribution in [0.15, 0.2) is 28.7 Å². The first-order valence-corrected chi connectivity index (χ1v) is 7.05. The van der Waals surface area contributed by atoms with E-state index in [0.717, 1.165) is 4.88 Å². The minimum atomic E-state index is -0.394. The molecule has 1 aromatic carbocycles. The molecule has 0 fully saturated rings. The summed E-state index contributed by atoms with van der Waals surface area (Å²) in [5, 5.41) is 0. The van der Waals surface area contributed by atoms with Crippen molar-refractivity contribution in [1.82, 2.24) is 0 Å². The van der Waals surface area contributed by atoms with Crippen LogP contribution in [-0.2, 0) is 0 Å². The summed E-state index contributed by atoms with van der Waals surface area (Å²) in [5.41, 5.74) is 6.87. The van der Waals surface area contributed by atoms with E-state index in [1.165, 1.54) is 24.5 Å². The minimum absolute atomic E-state index is 0.358. The van der Waals surface area contributed by atoms with E-state index in [9.17, 15) is 4.39 Å². The molecule has 1 atom stereocenters. The van der Waals surface area contributed by atoms with Gasteiger partial charge in [-0.3, -0.25) is 0 Å². The molecule has 0 amide bonds. The van der Waals surface area contributed by atoms with E-state index in [0.29, 0.717) is 20.1 Å². The van der Waals surface area contributed by atoms with Crippen LogP contribution in [0.2, 0.25) is 4.34 Å². The lowest BCUT2D eigenvalue weighted by molar-refractivity contribution is 0.404. The maximum absolute atomic E-state index is 13.4. The van der Waals surface area contributed by atoms with E-state index < -0.39 is 6.04 Å². The SMILES string of the molecule is COc1cc(F)c(Br)cc1C(N)c1ccc(Cl)s1. The number of rotatable bonds is 3. The molecule has 2 aromatic rings. The molecule has 2 N–H and O–H groups in total. The maximum Gasteiger partial charge on any atom is 0.141 e. The average molecular weight is 351 g/mol. The van der Waals surface area contributed by atoms with Gasteiger partial charge < -0.3 is 10.5 Å². The first-order chi connectivity index (χ1) is 8.52. The quantitative estimate of drug-likeness (QED) is 0.892. The molecule has 0 aliphatic carbocycles. The van der Waals surface area contributed by atoms with Gasteiger partial charge in [-0.15, -0.1) is 11.3 Å². The van der Waals surface area contributed by atoms with Gasteiger partial charge >= 0.3 is 0 Å². The Kier molecular flexibility index (Phi) is 4.27. The van der Waals surface area contributed by atoms with Gasteiger partial charge in [0.1, 0.15) is 11.6 Å². The van der Waals surface area contributed by atoms with Crippen molar-refractivity contribution in [3.05, 3.63) is 49.3 Å². The third-order valence-corrected chi connectivity index (χ3v) is 4.43. The summed E-state index contributed by atoms with van der Waals surface area (Å²) < 4.78 is 19.6. The van der Waals surface area contributed by atoms with Crippen molar-refractivity contribution in [3.63, 3.8) is 0 Å². The molecule has 0 spiro atoms. The van der Waals surface area contributed by atoms with Crippen molar-refractivity contribution < 1.29 is 9.13 Å². The zero-order chi connectivity index (χ0) is 13.3. The van der Waals surface area contributed by atoms with Crippen LogP contribution in [0.1, 0.15) is 16.5 Å².